The van der Waals surface area contributed by atoms with Gasteiger partial charge in [-0.25, -0.2) is 0 Å². The molecule has 3 rings (SSSR count). The lowest BCUT2D eigenvalue weighted by Gasteiger charge is -2.42. The summed E-state index contributed by atoms with van der Waals surface area (Å²) in [6.07, 6.45) is 2.61. The Kier molecular flexibility index (Phi) is 3.67. The highest BCUT2D eigenvalue weighted by molar-refractivity contribution is 5.97. The normalized spacial score (nSPS) is 28.3. The summed E-state index contributed by atoms with van der Waals surface area (Å²) in [5.74, 6) is 0.249. The maximum absolute atomic E-state index is 12.3. The van der Waals surface area contributed by atoms with Crippen LogP contribution in [0.3, 0.4) is 0 Å². The second kappa shape index (κ2) is 5.43. The smallest absolute Gasteiger partial charge is 0.176 e. The van der Waals surface area contributed by atoms with Gasteiger partial charge in [0.2, 0.25) is 0 Å². The van der Waals surface area contributed by atoms with Gasteiger partial charge in [-0.2, -0.15) is 0 Å². The van der Waals surface area contributed by atoms with E-state index in [1.807, 2.05) is 30.3 Å². The number of piperazine rings is 1. The van der Waals surface area contributed by atoms with Gasteiger partial charge >= 0.3 is 0 Å². The van der Waals surface area contributed by atoms with E-state index in [9.17, 15) is 4.79 Å². The molecule has 19 heavy (non-hydrogen) atoms. The number of fused-ring (bicyclic) bond motifs is 1. The van der Waals surface area contributed by atoms with Crippen molar-refractivity contribution in [3.63, 3.8) is 0 Å². The molecule has 1 aromatic carbocycles. The van der Waals surface area contributed by atoms with E-state index in [1.54, 1.807) is 0 Å². The fourth-order valence-corrected chi connectivity index (χ4v) is 3.37. The topological polar surface area (TPSA) is 23.6 Å². The van der Waals surface area contributed by atoms with Crippen molar-refractivity contribution < 1.29 is 4.79 Å². The Labute approximate surface area is 115 Å². The fourth-order valence-electron chi connectivity index (χ4n) is 3.37. The molecule has 0 aliphatic carbocycles. The zero-order chi connectivity index (χ0) is 13.2. The molecular formula is C16H22N2O. The number of hydrogen-bond acceptors (Lipinski definition) is 3. The van der Waals surface area contributed by atoms with Crippen LogP contribution >= 0.6 is 0 Å². The van der Waals surface area contributed by atoms with E-state index in [2.05, 4.69) is 16.7 Å². The average molecular weight is 258 g/mol. The highest BCUT2D eigenvalue weighted by atomic mass is 16.1. The monoisotopic (exact) mass is 258 g/mol. The molecule has 0 aromatic heterocycles. The minimum absolute atomic E-state index is 0.249. The predicted molar refractivity (Wildman–Crippen MR) is 76.4 cm³/mol. The van der Waals surface area contributed by atoms with Crippen molar-refractivity contribution in [1.82, 2.24) is 9.80 Å². The number of nitrogens with zero attached hydrogens (tertiary/aromatic N) is 2. The lowest BCUT2D eigenvalue weighted by Crippen LogP contribution is -2.55. The molecule has 2 aliphatic rings. The van der Waals surface area contributed by atoms with Gasteiger partial charge in [0.15, 0.2) is 5.78 Å². The van der Waals surface area contributed by atoms with Gasteiger partial charge in [0.1, 0.15) is 0 Å². The second-order valence-corrected chi connectivity index (χ2v) is 5.86. The first-order chi connectivity index (χ1) is 9.24. The van der Waals surface area contributed by atoms with Gasteiger partial charge in [0, 0.05) is 30.7 Å². The molecule has 0 radical (unpaired) electrons. The number of carbonyl (C=O) groups is 1. The molecular weight excluding hydrogens is 236 g/mol. The molecule has 3 heteroatoms. The van der Waals surface area contributed by atoms with E-state index in [1.165, 1.54) is 19.4 Å². The van der Waals surface area contributed by atoms with Crippen LogP contribution in [-0.4, -0.2) is 53.8 Å². The summed E-state index contributed by atoms with van der Waals surface area (Å²) in [5.41, 5.74) is 0.837. The number of ketones is 1. The lowest BCUT2D eigenvalue weighted by molar-refractivity contribution is 0.0535. The minimum atomic E-state index is 0.249. The van der Waals surface area contributed by atoms with Gasteiger partial charge in [0.05, 0.1) is 6.54 Å². The van der Waals surface area contributed by atoms with Gasteiger partial charge in [-0.1, -0.05) is 30.3 Å². The number of carbonyl (C=O) groups excluding carboxylic acids is 1. The van der Waals surface area contributed by atoms with Crippen LogP contribution in [0, 0.1) is 0 Å². The third-order valence-corrected chi connectivity index (χ3v) is 4.51. The van der Waals surface area contributed by atoms with E-state index in [-0.39, 0.29) is 5.78 Å². The Morgan fingerprint density at radius 3 is 2.84 bits per heavy atom. The van der Waals surface area contributed by atoms with Crippen molar-refractivity contribution in [2.45, 2.75) is 31.8 Å². The molecule has 2 unspecified atom stereocenters. The Morgan fingerprint density at radius 2 is 2.05 bits per heavy atom. The molecule has 102 valence electrons. The SMILES string of the molecule is CC1CN2CCCC2CN1CC(=O)c1ccccc1. The van der Waals surface area contributed by atoms with Crippen molar-refractivity contribution in [3.8, 4) is 0 Å². The maximum Gasteiger partial charge on any atom is 0.176 e. The fraction of sp³-hybridized carbons (Fsp3) is 0.562. The minimum Gasteiger partial charge on any atom is -0.298 e. The van der Waals surface area contributed by atoms with E-state index >= 15 is 0 Å². The Balaban J connectivity index is 1.64. The molecule has 0 N–H and O–H groups in total. The van der Waals surface area contributed by atoms with Crippen LogP contribution in [0.15, 0.2) is 30.3 Å². The molecule has 0 amide bonds. The summed E-state index contributed by atoms with van der Waals surface area (Å²) < 4.78 is 0. The molecule has 0 saturated carbocycles. The Hall–Kier alpha value is -1.19. The summed E-state index contributed by atoms with van der Waals surface area (Å²) >= 11 is 0. The van der Waals surface area contributed by atoms with Crippen molar-refractivity contribution in [3.05, 3.63) is 35.9 Å². The molecule has 2 aliphatic heterocycles. The zero-order valence-electron chi connectivity index (χ0n) is 11.6. The second-order valence-electron chi connectivity index (χ2n) is 5.86. The average Bonchev–Trinajstić information content (AvgIpc) is 2.87. The highest BCUT2D eigenvalue weighted by Gasteiger charge is 2.34. The zero-order valence-corrected chi connectivity index (χ0v) is 11.6. The summed E-state index contributed by atoms with van der Waals surface area (Å²) in [6.45, 7) is 6.23. The molecule has 2 atom stereocenters. The molecule has 2 saturated heterocycles. The Bertz CT molecular complexity index is 445. The molecule has 0 spiro atoms. The van der Waals surface area contributed by atoms with Gasteiger partial charge in [0.25, 0.3) is 0 Å². The number of rotatable bonds is 3. The van der Waals surface area contributed by atoms with E-state index in [0.29, 0.717) is 18.6 Å². The van der Waals surface area contributed by atoms with E-state index in [0.717, 1.165) is 18.7 Å². The third-order valence-electron chi connectivity index (χ3n) is 4.51. The van der Waals surface area contributed by atoms with Crippen LogP contribution in [0.5, 0.6) is 0 Å². The van der Waals surface area contributed by atoms with E-state index in [4.69, 9.17) is 0 Å². The molecule has 2 fully saturated rings. The van der Waals surface area contributed by atoms with Gasteiger partial charge in [-0.15, -0.1) is 0 Å². The number of hydrogen-bond donors (Lipinski definition) is 0. The van der Waals surface area contributed by atoms with Crippen LogP contribution in [0.4, 0.5) is 0 Å². The largest absolute Gasteiger partial charge is 0.298 e. The van der Waals surface area contributed by atoms with Crippen LogP contribution in [0.1, 0.15) is 30.1 Å². The molecule has 2 heterocycles. The van der Waals surface area contributed by atoms with Crippen LogP contribution in [-0.2, 0) is 0 Å². The summed E-state index contributed by atoms with van der Waals surface area (Å²) in [4.78, 5) is 17.2. The van der Waals surface area contributed by atoms with Crippen molar-refractivity contribution >= 4 is 5.78 Å². The standard InChI is InChI=1S/C16H22N2O/c1-13-10-17-9-5-8-15(17)11-18(13)12-16(19)14-6-3-2-4-7-14/h2-4,6-7,13,15H,5,8-12H2,1H3. The van der Waals surface area contributed by atoms with Crippen LogP contribution < -0.4 is 0 Å². The van der Waals surface area contributed by atoms with Crippen molar-refractivity contribution in [1.29, 1.82) is 0 Å². The van der Waals surface area contributed by atoms with Crippen molar-refractivity contribution in [2.24, 2.45) is 0 Å². The molecule has 0 bridgehead atoms. The van der Waals surface area contributed by atoms with Crippen LogP contribution in [0.25, 0.3) is 0 Å². The van der Waals surface area contributed by atoms with E-state index < -0.39 is 0 Å². The van der Waals surface area contributed by atoms with Gasteiger partial charge in [-0.3, -0.25) is 14.6 Å². The number of benzene rings is 1. The van der Waals surface area contributed by atoms with Crippen molar-refractivity contribution in [2.75, 3.05) is 26.2 Å². The first-order valence-corrected chi connectivity index (χ1v) is 7.30. The summed E-state index contributed by atoms with van der Waals surface area (Å²) in [6, 6.07) is 10.8. The lowest BCUT2D eigenvalue weighted by atomic mass is 10.1. The first-order valence-electron chi connectivity index (χ1n) is 7.30. The summed E-state index contributed by atoms with van der Waals surface area (Å²) in [5, 5.41) is 0. The molecule has 3 nitrogen and oxygen atoms in total. The highest BCUT2D eigenvalue weighted by Crippen LogP contribution is 2.24. The maximum atomic E-state index is 12.3. The van der Waals surface area contributed by atoms with Gasteiger partial charge in [-0.05, 0) is 26.3 Å². The predicted octanol–water partition coefficient (Wildman–Crippen LogP) is 2.04. The van der Waals surface area contributed by atoms with Gasteiger partial charge < -0.3 is 0 Å². The first kappa shape index (κ1) is 12.8. The molecule has 1 aromatic rings. The quantitative estimate of drug-likeness (QED) is 0.775. The Morgan fingerprint density at radius 1 is 1.26 bits per heavy atom. The third kappa shape index (κ3) is 2.72. The van der Waals surface area contributed by atoms with Crippen LogP contribution in [0.2, 0.25) is 0 Å². The number of Topliss-reactive ketones (excluding diaryl/α,β-unsaturated/α-hetero) is 1. The summed E-state index contributed by atoms with van der Waals surface area (Å²) in [7, 11) is 0.